The fraction of sp³-hybridized carbons (Fsp3) is 0.792. The summed E-state index contributed by atoms with van der Waals surface area (Å²) in [5.74, 6) is -0.0528. The molecule has 24 nitrogen and oxygen atoms in total. The van der Waals surface area contributed by atoms with Gasteiger partial charge in [0.1, 0.15) is 24.6 Å². The average molecular weight is 799 g/mol. The summed E-state index contributed by atoms with van der Waals surface area (Å²) >= 11 is 0. The third kappa shape index (κ3) is 16.1. The fourth-order valence-corrected chi connectivity index (χ4v) is 7.92. The predicted octanol–water partition coefficient (Wildman–Crippen LogP) is 2.50. The van der Waals surface area contributed by atoms with Crippen LogP contribution in [0.25, 0.3) is 11.2 Å². The molecule has 51 heavy (non-hydrogen) atoms. The third-order valence-corrected chi connectivity index (χ3v) is 11.0. The van der Waals surface area contributed by atoms with Gasteiger partial charge < -0.3 is 40.3 Å². The summed E-state index contributed by atoms with van der Waals surface area (Å²) in [6.45, 7) is 0.0326. The lowest BCUT2D eigenvalue weighted by molar-refractivity contribution is -0.705. The molecule has 3 heterocycles. The topological polar surface area (TPSA) is 337 Å². The van der Waals surface area contributed by atoms with Crippen molar-refractivity contribution in [1.29, 1.82) is 0 Å². The van der Waals surface area contributed by atoms with E-state index in [1.807, 2.05) is 0 Å². The van der Waals surface area contributed by atoms with Crippen LogP contribution in [0.3, 0.4) is 0 Å². The van der Waals surface area contributed by atoms with Crippen molar-refractivity contribution in [3.8, 4) is 0 Å². The van der Waals surface area contributed by atoms with Crippen molar-refractivity contribution in [2.45, 2.75) is 102 Å². The number of hydrogen-bond donors (Lipinski definition) is 8. The Kier molecular flexibility index (Phi) is 18.8. The highest BCUT2D eigenvalue weighted by Gasteiger charge is 2.47. The van der Waals surface area contributed by atoms with Crippen LogP contribution < -0.4 is 11.2 Å². The van der Waals surface area contributed by atoms with Crippen LogP contribution in [-0.4, -0.2) is 87.4 Å². The van der Waals surface area contributed by atoms with E-state index >= 15 is 0 Å². The SMILES string of the molecule is NCCCCCCCCCCCCCCOOOOONc1ncnc2c1ncn2[C@@H]1O[C@H](COP(=O)(O)OP(=O)(O)OP(=O)(O)O)[C@@H](O)[C@H]1O. The largest absolute Gasteiger partial charge is 0.490 e. The van der Waals surface area contributed by atoms with Gasteiger partial charge >= 0.3 is 23.5 Å². The summed E-state index contributed by atoms with van der Waals surface area (Å²) in [7, 11) is -16.9. The Labute approximate surface area is 291 Å². The summed E-state index contributed by atoms with van der Waals surface area (Å²) in [5, 5.41) is 34.1. The first-order valence-electron chi connectivity index (χ1n) is 15.9. The van der Waals surface area contributed by atoms with Crippen molar-refractivity contribution in [2.24, 2.45) is 5.73 Å². The number of nitrogens with zero attached hydrogens (tertiary/aromatic N) is 4. The Hall–Kier alpha value is -1.60. The molecule has 0 amide bonds. The molecule has 1 fully saturated rings. The van der Waals surface area contributed by atoms with E-state index in [-0.39, 0.29) is 23.6 Å². The molecule has 2 unspecified atom stereocenters. The molecule has 1 saturated heterocycles. The lowest BCUT2D eigenvalue weighted by Crippen LogP contribution is -2.33. The van der Waals surface area contributed by atoms with Gasteiger partial charge in [-0.05, 0) is 34.5 Å². The van der Waals surface area contributed by atoms with Crippen molar-refractivity contribution < 1.29 is 86.4 Å². The van der Waals surface area contributed by atoms with Crippen LogP contribution in [0.4, 0.5) is 5.82 Å². The number of aliphatic hydroxyl groups is 2. The highest BCUT2D eigenvalue weighted by Crippen LogP contribution is 2.66. The molecule has 6 atom stereocenters. The summed E-state index contributed by atoms with van der Waals surface area (Å²) in [6.07, 6.45) is 9.74. The molecule has 1 aliphatic heterocycles. The average Bonchev–Trinajstić information content (AvgIpc) is 3.60. The number of imidazole rings is 1. The Bertz CT molecular complexity index is 1450. The van der Waals surface area contributed by atoms with E-state index in [9.17, 15) is 33.7 Å². The molecular weight excluding hydrogens is 753 g/mol. The highest BCUT2D eigenvalue weighted by atomic mass is 31.3. The quantitative estimate of drug-likeness (QED) is 0.0265. The molecule has 0 spiro atoms. The van der Waals surface area contributed by atoms with Gasteiger partial charge in [-0.2, -0.15) is 8.62 Å². The first-order valence-corrected chi connectivity index (χ1v) is 20.5. The first kappa shape index (κ1) is 43.8. The Morgan fingerprint density at radius 1 is 0.784 bits per heavy atom. The number of rotatable bonds is 28. The molecule has 1 aliphatic rings. The zero-order valence-corrected chi connectivity index (χ0v) is 30.0. The maximum absolute atomic E-state index is 12.0. The number of nitrogens with two attached hydrogens (primary N) is 1. The van der Waals surface area contributed by atoms with E-state index in [0.717, 1.165) is 44.9 Å². The van der Waals surface area contributed by atoms with Crippen LogP contribution in [0.15, 0.2) is 12.7 Å². The second-order valence-electron chi connectivity index (χ2n) is 11.2. The van der Waals surface area contributed by atoms with Crippen molar-refractivity contribution in [3.05, 3.63) is 12.7 Å². The maximum Gasteiger partial charge on any atom is 0.490 e. The summed E-state index contributed by atoms with van der Waals surface area (Å²) in [4.78, 5) is 57.7. The molecule has 0 bridgehead atoms. The van der Waals surface area contributed by atoms with Crippen molar-refractivity contribution in [1.82, 2.24) is 19.5 Å². The number of unbranched alkanes of at least 4 members (excludes halogenated alkanes) is 11. The number of hydrogen-bond acceptors (Lipinski definition) is 19. The summed E-state index contributed by atoms with van der Waals surface area (Å²) in [6, 6.07) is 0. The summed E-state index contributed by atoms with van der Waals surface area (Å²) < 4.78 is 52.7. The van der Waals surface area contributed by atoms with Crippen LogP contribution in [0.5, 0.6) is 0 Å². The summed E-state index contributed by atoms with van der Waals surface area (Å²) in [5.41, 5.74) is 7.87. The van der Waals surface area contributed by atoms with E-state index in [1.54, 1.807) is 0 Å². The Morgan fingerprint density at radius 3 is 2.04 bits per heavy atom. The lowest BCUT2D eigenvalue weighted by Gasteiger charge is -2.19. The van der Waals surface area contributed by atoms with Crippen LogP contribution in [0.2, 0.25) is 0 Å². The monoisotopic (exact) mass is 798 g/mol. The highest BCUT2D eigenvalue weighted by molar-refractivity contribution is 7.66. The van der Waals surface area contributed by atoms with Crippen LogP contribution in [0.1, 0.15) is 83.3 Å². The van der Waals surface area contributed by atoms with Gasteiger partial charge in [0.2, 0.25) is 0 Å². The molecule has 0 radical (unpaired) electrons. The van der Waals surface area contributed by atoms with E-state index in [1.165, 1.54) is 55.9 Å². The Balaban J connectivity index is 1.33. The molecular formula is C24H45N6O18P3. The van der Waals surface area contributed by atoms with Gasteiger partial charge in [0.15, 0.2) is 23.2 Å². The molecule has 2 aromatic heterocycles. The number of fused-ring (bicyclic) bond motifs is 1. The molecule has 2 aromatic rings. The lowest BCUT2D eigenvalue weighted by atomic mass is 10.1. The van der Waals surface area contributed by atoms with Gasteiger partial charge in [0, 0.05) is 0 Å². The second kappa shape index (κ2) is 21.9. The molecule has 27 heteroatoms. The maximum atomic E-state index is 12.0. The second-order valence-corrected chi connectivity index (χ2v) is 15.6. The minimum atomic E-state index is -5.76. The van der Waals surface area contributed by atoms with Gasteiger partial charge in [-0.3, -0.25) is 9.09 Å². The van der Waals surface area contributed by atoms with Gasteiger partial charge in [0.05, 0.1) is 19.5 Å². The van der Waals surface area contributed by atoms with E-state index in [0.29, 0.717) is 0 Å². The predicted molar refractivity (Wildman–Crippen MR) is 169 cm³/mol. The number of aliphatic hydroxyl groups excluding tert-OH is 2. The number of phosphoric acid groups is 3. The van der Waals surface area contributed by atoms with Gasteiger partial charge in [-0.25, -0.2) is 39.0 Å². The zero-order valence-electron chi connectivity index (χ0n) is 27.4. The van der Waals surface area contributed by atoms with Crippen LogP contribution in [0, 0.1) is 0 Å². The van der Waals surface area contributed by atoms with Gasteiger partial charge in [-0.1, -0.05) is 69.2 Å². The minimum absolute atomic E-state index is 0.0374. The molecule has 0 aliphatic carbocycles. The Morgan fingerprint density at radius 2 is 1.41 bits per heavy atom. The van der Waals surface area contributed by atoms with Crippen molar-refractivity contribution in [3.63, 3.8) is 0 Å². The standard InChI is InChI=1S/C24H45N6O18P3/c25-13-11-9-7-5-3-1-2-4-6-8-10-12-14-40-44-46-45-43-29-22-19-23(27-16-26-22)30(17-28-19)24-21(32)20(31)18(42-24)15-41-50(36,37)48-51(38,39)47-49(33,34)35/h16-18,20-21,24,31-32H,1-15,25H2,(H,36,37)(H,38,39)(H,26,27,29)(H2,33,34,35)/t18-,20-,21-,24-/m1/s1. The van der Waals surface area contributed by atoms with E-state index < -0.39 is 54.6 Å². The number of nitrogens with one attached hydrogen (secondary N) is 1. The van der Waals surface area contributed by atoms with Gasteiger partial charge in [0.25, 0.3) is 0 Å². The minimum Gasteiger partial charge on any atom is -0.387 e. The zero-order chi connectivity index (χ0) is 37.3. The van der Waals surface area contributed by atoms with Crippen molar-refractivity contribution in [2.75, 3.05) is 25.2 Å². The van der Waals surface area contributed by atoms with E-state index in [4.69, 9.17) is 25.1 Å². The molecule has 294 valence electrons. The fourth-order valence-electron chi connectivity index (χ4n) is 4.89. The molecule has 0 aromatic carbocycles. The van der Waals surface area contributed by atoms with Gasteiger partial charge in [-0.15, -0.1) is 0 Å². The van der Waals surface area contributed by atoms with Crippen LogP contribution >= 0.6 is 23.5 Å². The number of anilines is 1. The molecule has 3 rings (SSSR count). The number of phosphoric ester groups is 1. The number of ether oxygens (including phenoxy) is 1. The van der Waals surface area contributed by atoms with Crippen molar-refractivity contribution >= 4 is 40.4 Å². The number of aromatic nitrogens is 4. The molecule has 0 saturated carbocycles. The smallest absolute Gasteiger partial charge is 0.387 e. The third-order valence-electron chi connectivity index (χ3n) is 7.25. The van der Waals surface area contributed by atoms with Crippen LogP contribution in [-0.2, 0) is 56.6 Å². The normalized spacial score (nSPS) is 21.9. The molecule has 9 N–H and O–H groups in total. The first-order chi connectivity index (χ1) is 24.2. The van der Waals surface area contributed by atoms with E-state index in [2.05, 4.69) is 53.7 Å².